The van der Waals surface area contributed by atoms with Crippen LogP contribution in [0.4, 0.5) is 0 Å². The minimum absolute atomic E-state index is 0.0536. The van der Waals surface area contributed by atoms with Crippen molar-refractivity contribution in [3.8, 4) is 0 Å². The van der Waals surface area contributed by atoms with Crippen molar-refractivity contribution in [3.05, 3.63) is 0 Å². The molecule has 0 aromatic rings. The number of piperidine rings is 1. The largest absolute Gasteiger partial charge is 0.344 e. The number of nitrogens with one attached hydrogen (secondary N) is 1. The Kier molecular flexibility index (Phi) is 4.62. The van der Waals surface area contributed by atoms with Gasteiger partial charge in [-0.2, -0.15) is 0 Å². The molecule has 104 valence electrons. The van der Waals surface area contributed by atoms with E-state index in [9.17, 15) is 4.79 Å². The van der Waals surface area contributed by atoms with Gasteiger partial charge in [0.25, 0.3) is 0 Å². The fourth-order valence-electron chi connectivity index (χ4n) is 3.25. The Balaban J connectivity index is 1.80. The summed E-state index contributed by atoms with van der Waals surface area (Å²) < 4.78 is 0. The molecule has 0 aliphatic carbocycles. The second-order valence-corrected chi connectivity index (χ2v) is 6.19. The third-order valence-corrected chi connectivity index (χ3v) is 4.31. The molecule has 2 aliphatic rings. The molecule has 1 N–H and O–H groups in total. The lowest BCUT2D eigenvalue weighted by atomic mass is 9.98. The Morgan fingerprint density at radius 3 is 2.78 bits per heavy atom. The zero-order chi connectivity index (χ0) is 13.1. The quantitative estimate of drug-likeness (QED) is 0.812. The van der Waals surface area contributed by atoms with Gasteiger partial charge in [0, 0.05) is 26.2 Å². The number of amides is 1. The first-order valence-corrected chi connectivity index (χ1v) is 7.26. The van der Waals surface area contributed by atoms with Gasteiger partial charge in [0.1, 0.15) is 0 Å². The molecule has 3 unspecified atom stereocenters. The highest BCUT2D eigenvalue weighted by Crippen LogP contribution is 2.18. The van der Waals surface area contributed by atoms with Gasteiger partial charge in [0.15, 0.2) is 0 Å². The molecule has 0 aromatic carbocycles. The Morgan fingerprint density at radius 1 is 1.39 bits per heavy atom. The van der Waals surface area contributed by atoms with Gasteiger partial charge in [-0.3, -0.25) is 4.79 Å². The predicted octanol–water partition coefficient (Wildman–Crippen LogP) is 0.927. The maximum Gasteiger partial charge on any atom is 0.239 e. The number of nitrogens with zero attached hydrogens (tertiary/aromatic N) is 2. The van der Waals surface area contributed by atoms with E-state index in [4.69, 9.17) is 0 Å². The Labute approximate surface area is 111 Å². The zero-order valence-corrected chi connectivity index (χ0v) is 12.0. The molecule has 18 heavy (non-hydrogen) atoms. The second-order valence-electron chi connectivity index (χ2n) is 6.19. The second kappa shape index (κ2) is 6.02. The molecular weight excluding hydrogens is 226 g/mol. The van der Waals surface area contributed by atoms with Crippen molar-refractivity contribution in [2.24, 2.45) is 5.92 Å². The molecule has 1 amide bonds. The first kappa shape index (κ1) is 13.8. The minimum atomic E-state index is 0.0536. The lowest BCUT2D eigenvalue weighted by Gasteiger charge is -2.32. The molecule has 3 atom stereocenters. The fourth-order valence-corrected chi connectivity index (χ4v) is 3.25. The summed E-state index contributed by atoms with van der Waals surface area (Å²) in [6.45, 7) is 5.39. The molecule has 2 aliphatic heterocycles. The first-order valence-electron chi connectivity index (χ1n) is 7.26. The maximum absolute atomic E-state index is 12.4. The number of hydrogen-bond acceptors (Lipinski definition) is 3. The molecular formula is C14H27N3O. The van der Waals surface area contributed by atoms with Gasteiger partial charge in [0.05, 0.1) is 6.04 Å². The number of rotatable bonds is 3. The summed E-state index contributed by atoms with van der Waals surface area (Å²) >= 11 is 0. The highest BCUT2D eigenvalue weighted by atomic mass is 16.2. The smallest absolute Gasteiger partial charge is 0.239 e. The van der Waals surface area contributed by atoms with E-state index in [0.717, 1.165) is 19.5 Å². The van der Waals surface area contributed by atoms with Crippen LogP contribution >= 0.6 is 0 Å². The number of hydrogen-bond donors (Lipinski definition) is 1. The Morgan fingerprint density at radius 2 is 2.17 bits per heavy atom. The number of carbonyl (C=O) groups is 1. The highest BCUT2D eigenvalue weighted by molar-refractivity contribution is 5.81. The topological polar surface area (TPSA) is 35.6 Å². The van der Waals surface area contributed by atoms with Crippen LogP contribution in [0.15, 0.2) is 0 Å². The minimum Gasteiger partial charge on any atom is -0.344 e. The van der Waals surface area contributed by atoms with Crippen LogP contribution in [0.1, 0.15) is 32.6 Å². The molecule has 0 aromatic heterocycles. The zero-order valence-electron chi connectivity index (χ0n) is 12.0. The molecule has 4 heteroatoms. The normalized spacial score (nSPS) is 33.6. The van der Waals surface area contributed by atoms with Crippen molar-refractivity contribution in [1.29, 1.82) is 0 Å². The van der Waals surface area contributed by atoms with Crippen LogP contribution in [0.5, 0.6) is 0 Å². The summed E-state index contributed by atoms with van der Waals surface area (Å²) in [6.07, 6.45) is 4.59. The molecule has 2 saturated heterocycles. The SMILES string of the molecule is CC1CCCC(C(=O)N(C)CC2CCN(C)C2)N1. The average molecular weight is 253 g/mol. The van der Waals surface area contributed by atoms with E-state index < -0.39 is 0 Å². The number of likely N-dealkylation sites (tertiary alicyclic amines) is 1. The van der Waals surface area contributed by atoms with Crippen molar-refractivity contribution < 1.29 is 4.79 Å². The standard InChI is InChI=1S/C14H27N3O/c1-11-5-4-6-13(15-11)14(18)17(3)10-12-7-8-16(2)9-12/h11-13,15H,4-10H2,1-3H3. The van der Waals surface area contributed by atoms with E-state index in [-0.39, 0.29) is 11.9 Å². The van der Waals surface area contributed by atoms with Gasteiger partial charge < -0.3 is 15.1 Å². The van der Waals surface area contributed by atoms with Crippen LogP contribution in [-0.4, -0.2) is 61.5 Å². The van der Waals surface area contributed by atoms with Crippen molar-refractivity contribution in [2.75, 3.05) is 33.7 Å². The van der Waals surface area contributed by atoms with Crippen LogP contribution in [0.25, 0.3) is 0 Å². The van der Waals surface area contributed by atoms with Gasteiger partial charge in [-0.05, 0) is 52.1 Å². The van der Waals surface area contributed by atoms with Crippen LogP contribution in [0.2, 0.25) is 0 Å². The van der Waals surface area contributed by atoms with Gasteiger partial charge >= 0.3 is 0 Å². The summed E-state index contributed by atoms with van der Waals surface area (Å²) in [5.74, 6) is 0.945. The van der Waals surface area contributed by atoms with E-state index in [0.29, 0.717) is 12.0 Å². The maximum atomic E-state index is 12.4. The third kappa shape index (κ3) is 3.45. The summed E-state index contributed by atoms with van der Waals surface area (Å²) in [5.41, 5.74) is 0. The van der Waals surface area contributed by atoms with Gasteiger partial charge in [-0.15, -0.1) is 0 Å². The predicted molar refractivity (Wildman–Crippen MR) is 73.5 cm³/mol. The van der Waals surface area contributed by atoms with Gasteiger partial charge in [-0.25, -0.2) is 0 Å². The van der Waals surface area contributed by atoms with Crippen LogP contribution in [-0.2, 0) is 4.79 Å². The van der Waals surface area contributed by atoms with Crippen LogP contribution in [0.3, 0.4) is 0 Å². The Bertz CT molecular complexity index is 295. The fraction of sp³-hybridized carbons (Fsp3) is 0.929. The highest BCUT2D eigenvalue weighted by Gasteiger charge is 2.28. The van der Waals surface area contributed by atoms with E-state index in [2.05, 4.69) is 24.2 Å². The molecule has 0 spiro atoms. The van der Waals surface area contributed by atoms with Crippen molar-refractivity contribution in [1.82, 2.24) is 15.1 Å². The third-order valence-electron chi connectivity index (χ3n) is 4.31. The summed E-state index contributed by atoms with van der Waals surface area (Å²) in [4.78, 5) is 16.7. The number of likely N-dealkylation sites (N-methyl/N-ethyl adjacent to an activating group) is 1. The number of carbonyl (C=O) groups excluding carboxylic acids is 1. The molecule has 4 nitrogen and oxygen atoms in total. The molecule has 0 radical (unpaired) electrons. The van der Waals surface area contributed by atoms with Crippen molar-refractivity contribution in [3.63, 3.8) is 0 Å². The average Bonchev–Trinajstić information content (AvgIpc) is 2.73. The summed E-state index contributed by atoms with van der Waals surface area (Å²) in [5, 5.41) is 3.43. The monoisotopic (exact) mass is 253 g/mol. The van der Waals surface area contributed by atoms with Gasteiger partial charge in [0.2, 0.25) is 5.91 Å². The van der Waals surface area contributed by atoms with E-state index in [1.54, 1.807) is 0 Å². The van der Waals surface area contributed by atoms with Gasteiger partial charge in [-0.1, -0.05) is 0 Å². The molecule has 0 bridgehead atoms. The summed E-state index contributed by atoms with van der Waals surface area (Å²) in [6, 6.07) is 0.539. The first-order chi connectivity index (χ1) is 8.56. The van der Waals surface area contributed by atoms with E-state index >= 15 is 0 Å². The van der Waals surface area contributed by atoms with E-state index in [1.165, 1.54) is 25.8 Å². The lowest BCUT2D eigenvalue weighted by molar-refractivity contribution is -0.133. The molecule has 2 fully saturated rings. The molecule has 2 heterocycles. The van der Waals surface area contributed by atoms with Crippen LogP contribution < -0.4 is 5.32 Å². The summed E-state index contributed by atoms with van der Waals surface area (Å²) in [7, 11) is 4.12. The van der Waals surface area contributed by atoms with E-state index in [1.807, 2.05) is 11.9 Å². The Hall–Kier alpha value is -0.610. The van der Waals surface area contributed by atoms with Crippen molar-refractivity contribution >= 4 is 5.91 Å². The van der Waals surface area contributed by atoms with Crippen molar-refractivity contribution in [2.45, 2.75) is 44.7 Å². The van der Waals surface area contributed by atoms with Crippen LogP contribution in [0, 0.1) is 5.92 Å². The molecule has 0 saturated carbocycles. The molecule has 2 rings (SSSR count). The lowest BCUT2D eigenvalue weighted by Crippen LogP contribution is -2.51.